The molecule has 0 unspecified atom stereocenters. The summed E-state index contributed by atoms with van der Waals surface area (Å²) in [7, 11) is 0. The molecule has 7 heteroatoms. The summed E-state index contributed by atoms with van der Waals surface area (Å²) in [5.41, 5.74) is 1.21. The number of aliphatic carboxylic acids is 1. The topological polar surface area (TPSA) is 93.9 Å². The molecule has 1 atom stereocenters. The van der Waals surface area contributed by atoms with Crippen molar-refractivity contribution in [2.45, 2.75) is 43.8 Å². The maximum Gasteiger partial charge on any atom is 0.239 e. The lowest BCUT2D eigenvalue weighted by molar-refractivity contribution is -0.305. The standard InChI is InChI=1S/C15H19N3O3S/c19-12(20)6-11-14(21)16-15(22-11)18-17-13-9-2-7-1-8(4-9)5-10(13)3-7/h7-11H,1-6H2,(H,19,20)(H,16,18,21)/p-1/t7?,8?,9?,10?,11-/m1/s1. The fourth-order valence-electron chi connectivity index (χ4n) is 4.67. The number of carbonyl (C=O) groups excluding carboxylic acids is 2. The SMILES string of the molecule is O=C([O-])C[C@H]1S/C(=N/N=C2C3CC4CC(C3)CC2C4)NC1=O. The third-order valence-corrected chi connectivity index (χ3v) is 6.43. The minimum absolute atomic E-state index is 0.291. The van der Waals surface area contributed by atoms with Gasteiger partial charge in [0.25, 0.3) is 0 Å². The van der Waals surface area contributed by atoms with Crippen LogP contribution in [0, 0.1) is 23.7 Å². The largest absolute Gasteiger partial charge is 0.550 e. The van der Waals surface area contributed by atoms with Crippen LogP contribution in [0.3, 0.4) is 0 Å². The molecule has 0 aromatic heterocycles. The Kier molecular flexibility index (Phi) is 3.47. The van der Waals surface area contributed by atoms with E-state index in [0.29, 0.717) is 17.0 Å². The van der Waals surface area contributed by atoms with Gasteiger partial charge in [-0.2, -0.15) is 5.10 Å². The second kappa shape index (κ2) is 5.37. The predicted molar refractivity (Wildman–Crippen MR) is 81.1 cm³/mol. The van der Waals surface area contributed by atoms with Crippen molar-refractivity contribution in [2.24, 2.45) is 33.9 Å². The molecular weight excluding hydrogens is 302 g/mol. The Morgan fingerprint density at radius 2 is 1.77 bits per heavy atom. The lowest BCUT2D eigenvalue weighted by Gasteiger charge is -2.50. The highest BCUT2D eigenvalue weighted by Gasteiger charge is 2.46. The summed E-state index contributed by atoms with van der Waals surface area (Å²) in [4.78, 5) is 22.3. The van der Waals surface area contributed by atoms with E-state index >= 15 is 0 Å². The number of carboxylic acids is 1. The van der Waals surface area contributed by atoms with Crippen LogP contribution >= 0.6 is 11.8 Å². The van der Waals surface area contributed by atoms with Gasteiger partial charge in [0, 0.05) is 18.1 Å². The molecule has 1 saturated heterocycles. The molecule has 0 aromatic carbocycles. The Morgan fingerprint density at radius 3 is 2.36 bits per heavy atom. The first-order valence-corrected chi connectivity index (χ1v) is 8.79. The number of hydrogen-bond donors (Lipinski definition) is 1. The maximum atomic E-state index is 11.7. The molecule has 118 valence electrons. The average Bonchev–Trinajstić information content (AvgIpc) is 2.77. The zero-order valence-electron chi connectivity index (χ0n) is 12.2. The highest BCUT2D eigenvalue weighted by molar-refractivity contribution is 8.15. The van der Waals surface area contributed by atoms with E-state index in [-0.39, 0.29) is 12.3 Å². The number of carbonyl (C=O) groups is 2. The van der Waals surface area contributed by atoms with Crippen LogP contribution in [0.4, 0.5) is 0 Å². The van der Waals surface area contributed by atoms with E-state index in [0.717, 1.165) is 23.6 Å². The van der Waals surface area contributed by atoms with Crippen LogP contribution in [0.2, 0.25) is 0 Å². The lowest BCUT2D eigenvalue weighted by atomic mass is 9.55. The van der Waals surface area contributed by atoms with Gasteiger partial charge >= 0.3 is 0 Å². The first kappa shape index (κ1) is 14.2. The van der Waals surface area contributed by atoms with Crippen molar-refractivity contribution >= 4 is 34.5 Å². The summed E-state index contributed by atoms with van der Waals surface area (Å²) in [6.45, 7) is 0. The van der Waals surface area contributed by atoms with Crippen LogP contribution in [0.25, 0.3) is 0 Å². The minimum atomic E-state index is -1.22. The second-order valence-corrected chi connectivity index (χ2v) is 8.10. The number of hydrogen-bond acceptors (Lipinski definition) is 6. The van der Waals surface area contributed by atoms with Gasteiger partial charge in [0.15, 0.2) is 5.17 Å². The Hall–Kier alpha value is -1.37. The smallest absolute Gasteiger partial charge is 0.239 e. The van der Waals surface area contributed by atoms with E-state index in [9.17, 15) is 14.7 Å². The van der Waals surface area contributed by atoms with Crippen molar-refractivity contribution in [1.29, 1.82) is 0 Å². The van der Waals surface area contributed by atoms with Gasteiger partial charge in [-0.15, -0.1) is 5.10 Å². The molecule has 1 aliphatic heterocycles. The highest BCUT2D eigenvalue weighted by Crippen LogP contribution is 2.52. The summed E-state index contributed by atoms with van der Waals surface area (Å²) in [6, 6.07) is 0. The van der Waals surface area contributed by atoms with E-state index in [1.54, 1.807) is 0 Å². The monoisotopic (exact) mass is 320 g/mol. The molecule has 1 amide bonds. The van der Waals surface area contributed by atoms with Crippen LogP contribution in [-0.2, 0) is 9.59 Å². The Labute approximate surface area is 132 Å². The van der Waals surface area contributed by atoms with E-state index < -0.39 is 11.2 Å². The summed E-state index contributed by atoms with van der Waals surface area (Å²) < 4.78 is 0. The molecule has 0 aromatic rings. The number of carboxylic acid groups (broad SMARTS) is 1. The molecule has 22 heavy (non-hydrogen) atoms. The zero-order chi connectivity index (χ0) is 15.3. The quantitative estimate of drug-likeness (QED) is 0.767. The molecule has 1 heterocycles. The second-order valence-electron chi connectivity index (χ2n) is 6.91. The molecule has 0 spiro atoms. The lowest BCUT2D eigenvalue weighted by Crippen LogP contribution is -2.45. The molecule has 1 N–H and O–H groups in total. The molecule has 5 aliphatic rings. The Bertz CT molecular complexity index is 557. The predicted octanol–water partition coefficient (Wildman–Crippen LogP) is 0.526. The van der Waals surface area contributed by atoms with E-state index in [2.05, 4.69) is 15.5 Å². The van der Waals surface area contributed by atoms with Gasteiger partial charge in [-0.3, -0.25) is 4.79 Å². The number of thioether (sulfide) groups is 1. The van der Waals surface area contributed by atoms with Crippen LogP contribution in [0.5, 0.6) is 0 Å². The highest BCUT2D eigenvalue weighted by atomic mass is 32.2. The van der Waals surface area contributed by atoms with Crippen molar-refractivity contribution in [1.82, 2.24) is 5.32 Å². The number of nitrogens with zero attached hydrogens (tertiary/aromatic N) is 2. The third-order valence-electron chi connectivity index (χ3n) is 5.36. The van der Waals surface area contributed by atoms with Gasteiger partial charge in [0.2, 0.25) is 5.91 Å². The fraction of sp³-hybridized carbons (Fsp3) is 0.733. The van der Waals surface area contributed by atoms with Gasteiger partial charge in [0.1, 0.15) is 0 Å². The normalized spacial score (nSPS) is 41.1. The number of rotatable bonds is 3. The molecule has 5 rings (SSSR count). The van der Waals surface area contributed by atoms with Gasteiger partial charge in [0.05, 0.1) is 5.25 Å². The van der Waals surface area contributed by atoms with Gasteiger partial charge in [-0.25, -0.2) is 0 Å². The van der Waals surface area contributed by atoms with Gasteiger partial charge in [-0.1, -0.05) is 11.8 Å². The van der Waals surface area contributed by atoms with Crippen LogP contribution < -0.4 is 10.4 Å². The molecular formula is C15H18N3O3S-. The van der Waals surface area contributed by atoms with E-state index in [1.807, 2.05) is 0 Å². The molecule has 0 radical (unpaired) electrons. The summed E-state index contributed by atoms with van der Waals surface area (Å²) >= 11 is 1.13. The van der Waals surface area contributed by atoms with Crippen molar-refractivity contribution in [3.8, 4) is 0 Å². The maximum absolute atomic E-state index is 11.7. The zero-order valence-corrected chi connectivity index (χ0v) is 13.0. The molecule has 4 saturated carbocycles. The molecule has 4 bridgehead atoms. The fourth-order valence-corrected chi connectivity index (χ4v) is 5.57. The Morgan fingerprint density at radius 1 is 1.14 bits per heavy atom. The summed E-state index contributed by atoms with van der Waals surface area (Å²) in [6.07, 6.45) is 6.06. The molecule has 6 nitrogen and oxygen atoms in total. The van der Waals surface area contributed by atoms with Crippen molar-refractivity contribution < 1.29 is 14.7 Å². The first-order chi connectivity index (χ1) is 10.6. The van der Waals surface area contributed by atoms with Crippen molar-refractivity contribution in [3.63, 3.8) is 0 Å². The van der Waals surface area contributed by atoms with E-state index in [1.165, 1.54) is 37.8 Å². The molecule has 4 aliphatic carbocycles. The number of amidine groups is 1. The van der Waals surface area contributed by atoms with Gasteiger partial charge in [-0.05, 0) is 55.8 Å². The number of amides is 1. The summed E-state index contributed by atoms with van der Waals surface area (Å²) in [5.74, 6) is 1.35. The first-order valence-electron chi connectivity index (χ1n) is 7.91. The van der Waals surface area contributed by atoms with E-state index in [4.69, 9.17) is 0 Å². The average molecular weight is 320 g/mol. The minimum Gasteiger partial charge on any atom is -0.550 e. The van der Waals surface area contributed by atoms with Crippen LogP contribution in [0.15, 0.2) is 10.2 Å². The molecule has 5 fully saturated rings. The van der Waals surface area contributed by atoms with Crippen LogP contribution in [0.1, 0.15) is 38.5 Å². The van der Waals surface area contributed by atoms with Gasteiger partial charge < -0.3 is 15.2 Å². The Balaban J connectivity index is 1.47. The third kappa shape index (κ3) is 2.55. The number of nitrogens with one attached hydrogen (secondary N) is 1. The van der Waals surface area contributed by atoms with Crippen molar-refractivity contribution in [2.75, 3.05) is 0 Å². The summed E-state index contributed by atoms with van der Waals surface area (Å²) in [5, 5.41) is 21.6. The van der Waals surface area contributed by atoms with Crippen LogP contribution in [-0.4, -0.2) is 28.0 Å². The van der Waals surface area contributed by atoms with Crippen molar-refractivity contribution in [3.05, 3.63) is 0 Å².